The summed E-state index contributed by atoms with van der Waals surface area (Å²) in [5.74, 6) is 1.63. The van der Waals surface area contributed by atoms with Gasteiger partial charge in [0, 0.05) is 70.8 Å². The van der Waals surface area contributed by atoms with Crippen molar-refractivity contribution in [2.45, 2.75) is 102 Å². The second-order valence-corrected chi connectivity index (χ2v) is 19.5. The van der Waals surface area contributed by atoms with Crippen LogP contribution in [0.4, 0.5) is 0 Å². The van der Waals surface area contributed by atoms with E-state index < -0.39 is 27.5 Å². The Kier molecular flexibility index (Phi) is 10.4. The van der Waals surface area contributed by atoms with Crippen molar-refractivity contribution in [3.8, 4) is 11.3 Å². The van der Waals surface area contributed by atoms with Crippen LogP contribution in [0.3, 0.4) is 0 Å². The molecule has 0 amide bonds. The Bertz CT molecular complexity index is 2340. The Labute approximate surface area is 346 Å². The number of rotatable bonds is 10. The van der Waals surface area contributed by atoms with E-state index in [0.717, 1.165) is 22.1 Å². The van der Waals surface area contributed by atoms with Crippen molar-refractivity contribution in [2.75, 3.05) is 0 Å². The maximum atomic E-state index is 12.3. The van der Waals surface area contributed by atoms with Crippen LogP contribution in [0.1, 0.15) is 95.4 Å². The molecule has 1 radical (unpaired) electrons. The van der Waals surface area contributed by atoms with Crippen molar-refractivity contribution in [1.82, 2.24) is 9.97 Å². The van der Waals surface area contributed by atoms with Crippen LogP contribution in [0.25, 0.3) is 42.3 Å². The van der Waals surface area contributed by atoms with Gasteiger partial charge >= 0.3 is 0 Å². The van der Waals surface area contributed by atoms with Crippen LogP contribution in [0.15, 0.2) is 66.7 Å². The zero-order valence-corrected chi connectivity index (χ0v) is 36.6. The molecular formula is C45H61IrN2O2SSi-. The second-order valence-electron chi connectivity index (χ2n) is 16.4. The molecule has 5 aromatic rings. The topological polar surface area (TPSA) is 63.1 Å². The van der Waals surface area contributed by atoms with Gasteiger partial charge in [0.25, 0.3) is 0 Å². The molecule has 7 heteroatoms. The standard InChI is InChI=1S/C28H29N2SSi.C17H32O2.Ir/c1-28(2,3)16-18-11-12-22-23(13-18)31-27-25(29-17-30-26(22)27)20-14-19-9-7-8-10-21(19)24(15-20)32(4,5)6;1-10(2)16(11(3)4)14(18)9-15(19)17(12(5)6)13(7)8;/h7-13,15,17H,16H2,1-6H3;9-13,16-18H,1-8H3;/q-1;;/b;14-9-;/i4D3,5D3,6D3,17D;;. The van der Waals surface area contributed by atoms with Crippen molar-refractivity contribution in [1.29, 1.82) is 0 Å². The van der Waals surface area contributed by atoms with Gasteiger partial charge in [0.1, 0.15) is 7.67 Å². The largest absolute Gasteiger partial charge is 0.512 e. The predicted molar refractivity (Wildman–Crippen MR) is 225 cm³/mol. The average molecular weight is 924 g/mol. The fourth-order valence-electron chi connectivity index (χ4n) is 7.37. The Balaban J connectivity index is 0.000000435. The molecule has 283 valence electrons. The van der Waals surface area contributed by atoms with Gasteiger partial charge in [-0.05, 0) is 47.1 Å². The van der Waals surface area contributed by atoms with E-state index in [1.807, 2.05) is 12.1 Å². The van der Waals surface area contributed by atoms with Gasteiger partial charge in [0.2, 0.25) is 0 Å². The molecule has 4 nitrogen and oxygen atoms in total. The molecule has 5 rings (SSSR count). The summed E-state index contributed by atoms with van der Waals surface area (Å²) in [7, 11) is -5.36. The third kappa shape index (κ3) is 10.5. The molecule has 0 saturated heterocycles. The Morgan fingerprint density at radius 1 is 0.904 bits per heavy atom. The molecule has 0 atom stereocenters. The Morgan fingerprint density at radius 3 is 2.10 bits per heavy atom. The first-order valence-electron chi connectivity index (χ1n) is 22.9. The summed E-state index contributed by atoms with van der Waals surface area (Å²) >= 11 is 1.42. The number of hydrogen-bond acceptors (Lipinski definition) is 5. The van der Waals surface area contributed by atoms with Gasteiger partial charge in [0.05, 0.1) is 19.3 Å². The Hall–Kier alpha value is -2.70. The van der Waals surface area contributed by atoms with Crippen molar-refractivity contribution >= 4 is 61.5 Å². The van der Waals surface area contributed by atoms with Crippen molar-refractivity contribution in [3.05, 3.63) is 78.3 Å². The third-order valence-corrected chi connectivity index (χ3v) is 11.6. The summed E-state index contributed by atoms with van der Waals surface area (Å²) < 4.78 is 85.3. The van der Waals surface area contributed by atoms with Gasteiger partial charge in [-0.25, -0.2) is 4.98 Å². The van der Waals surface area contributed by atoms with Gasteiger partial charge in [-0.2, -0.15) is 0 Å². The number of nitrogens with zero attached hydrogens (tertiary/aromatic N) is 2. The SMILES string of the molecule is CC(C)C(C(=O)/C=C(\O)C(C(C)C)C(C)C)C(C)C.[2H]c1nc(-c2[c-]c3ccccc3c([Si](C([2H])([2H])[2H])(C([2H])([2H])[2H])C([2H])([2H])[2H])c2)c2sc3cc(CC(C)(C)C)ccc3c2n1.[Ir]. The van der Waals surface area contributed by atoms with E-state index in [2.05, 4.69) is 98.3 Å². The second kappa shape index (κ2) is 17.6. The summed E-state index contributed by atoms with van der Waals surface area (Å²) in [6, 6.07) is 17.1. The van der Waals surface area contributed by atoms with Crippen LogP contribution in [0.5, 0.6) is 0 Å². The molecule has 0 aliphatic carbocycles. The summed E-state index contributed by atoms with van der Waals surface area (Å²) in [6.45, 7) is 13.2. The quantitative estimate of drug-likeness (QED) is 0.0656. The summed E-state index contributed by atoms with van der Waals surface area (Å²) in [5, 5.41) is 11.5. The van der Waals surface area contributed by atoms with Crippen molar-refractivity contribution in [2.24, 2.45) is 40.9 Å². The number of hydrogen-bond donors (Lipinski definition) is 1. The zero-order chi connectivity index (χ0) is 46.4. The van der Waals surface area contributed by atoms with Gasteiger partial charge < -0.3 is 5.11 Å². The van der Waals surface area contributed by atoms with E-state index in [1.165, 1.54) is 29.5 Å². The molecule has 0 saturated carbocycles. The number of benzene rings is 3. The minimum Gasteiger partial charge on any atom is -0.512 e. The molecule has 0 bridgehead atoms. The van der Waals surface area contributed by atoms with E-state index in [-0.39, 0.29) is 77.0 Å². The number of aliphatic hydroxyl groups excluding tert-OH is 1. The van der Waals surface area contributed by atoms with E-state index >= 15 is 0 Å². The van der Waals surface area contributed by atoms with Crippen LogP contribution in [-0.4, -0.2) is 28.9 Å². The van der Waals surface area contributed by atoms with Crippen molar-refractivity contribution < 1.29 is 43.7 Å². The van der Waals surface area contributed by atoms with E-state index in [4.69, 9.17) is 13.7 Å². The van der Waals surface area contributed by atoms with E-state index in [0.29, 0.717) is 39.3 Å². The fraction of sp³-hybridized carbons (Fsp3) is 0.489. The molecule has 1 N–H and O–H groups in total. The van der Waals surface area contributed by atoms with Gasteiger partial charge in [-0.3, -0.25) is 9.78 Å². The summed E-state index contributed by atoms with van der Waals surface area (Å²) in [4.78, 5) is 21.1. The third-order valence-electron chi connectivity index (χ3n) is 9.27. The smallest absolute Gasteiger partial charge is 0.162 e. The fourth-order valence-corrected chi connectivity index (χ4v) is 9.56. The predicted octanol–water partition coefficient (Wildman–Crippen LogP) is 12.4. The number of allylic oxidation sites excluding steroid dienone is 2. The number of aliphatic hydroxyl groups is 1. The van der Waals surface area contributed by atoms with Crippen LogP contribution in [0.2, 0.25) is 19.4 Å². The molecule has 0 spiro atoms. The first kappa shape index (κ1) is 30.6. The van der Waals surface area contributed by atoms with Gasteiger partial charge in [-0.1, -0.05) is 137 Å². The monoisotopic (exact) mass is 924 g/mol. The first-order chi connectivity index (χ1) is 27.8. The van der Waals surface area contributed by atoms with Gasteiger partial charge in [0.15, 0.2) is 5.78 Å². The molecule has 2 heterocycles. The number of thiophene rings is 1. The van der Waals surface area contributed by atoms with E-state index in [9.17, 15) is 9.90 Å². The van der Waals surface area contributed by atoms with Gasteiger partial charge in [-0.15, -0.1) is 40.1 Å². The first-order valence-corrected chi connectivity index (χ1v) is 20.8. The average Bonchev–Trinajstić information content (AvgIpc) is 3.42. The Morgan fingerprint density at radius 2 is 1.52 bits per heavy atom. The minimum atomic E-state index is -5.36. The molecule has 2 aromatic heterocycles. The number of carbonyl (C=O) groups excluding carboxylic acids is 1. The van der Waals surface area contributed by atoms with Crippen LogP contribution in [0, 0.1) is 47.0 Å². The number of fused-ring (bicyclic) bond motifs is 4. The van der Waals surface area contributed by atoms with Crippen LogP contribution in [-0.2, 0) is 31.3 Å². The molecule has 0 aliphatic heterocycles. The summed E-state index contributed by atoms with van der Waals surface area (Å²) in [5.41, 5.74) is 2.26. The number of carbonyl (C=O) groups is 1. The molecule has 0 unspecified atom stereocenters. The normalized spacial score (nSPS) is 16.4. The molecule has 0 aliphatic rings. The molecule has 0 fully saturated rings. The van der Waals surface area contributed by atoms with Crippen LogP contribution >= 0.6 is 11.3 Å². The van der Waals surface area contributed by atoms with Crippen molar-refractivity contribution in [3.63, 3.8) is 0 Å². The zero-order valence-electron chi connectivity index (χ0n) is 42.4. The number of ketones is 1. The molecular weight excluding hydrogens is 853 g/mol. The molecule has 52 heavy (non-hydrogen) atoms. The summed E-state index contributed by atoms with van der Waals surface area (Å²) in [6.07, 6.45) is 2.06. The van der Waals surface area contributed by atoms with Crippen LogP contribution < -0.4 is 5.19 Å². The molecule has 3 aromatic carbocycles. The number of aromatic nitrogens is 2. The maximum absolute atomic E-state index is 12.3. The minimum absolute atomic E-state index is 0. The maximum Gasteiger partial charge on any atom is 0.162 e. The van der Waals surface area contributed by atoms with E-state index in [1.54, 1.807) is 18.2 Å².